The van der Waals surface area contributed by atoms with Crippen LogP contribution in [0.15, 0.2) is 0 Å². The molecule has 18 heavy (non-hydrogen) atoms. The van der Waals surface area contributed by atoms with Gasteiger partial charge in [0.05, 0.1) is 6.61 Å². The lowest BCUT2D eigenvalue weighted by molar-refractivity contribution is 0.0512. The average molecular weight is 256 g/mol. The maximum absolute atomic E-state index is 5.81. The van der Waals surface area contributed by atoms with Gasteiger partial charge in [-0.25, -0.2) is 0 Å². The molecule has 1 saturated heterocycles. The Morgan fingerprint density at radius 2 is 2.06 bits per heavy atom. The first-order valence-corrected chi connectivity index (χ1v) is 7.71. The molecule has 108 valence electrons. The summed E-state index contributed by atoms with van der Waals surface area (Å²) in [6, 6.07) is 1.28. The number of piperidine rings is 1. The van der Waals surface area contributed by atoms with Gasteiger partial charge in [-0.15, -0.1) is 0 Å². The molecule has 0 bridgehead atoms. The van der Waals surface area contributed by atoms with Gasteiger partial charge in [0, 0.05) is 18.7 Å². The summed E-state index contributed by atoms with van der Waals surface area (Å²) in [5.41, 5.74) is 0. The number of ether oxygens (including phenoxy) is 1. The van der Waals surface area contributed by atoms with E-state index >= 15 is 0 Å². The van der Waals surface area contributed by atoms with Crippen LogP contribution in [0.3, 0.4) is 0 Å². The number of hydrogen-bond acceptors (Lipinski definition) is 3. The second-order valence-electron chi connectivity index (χ2n) is 5.87. The van der Waals surface area contributed by atoms with E-state index < -0.39 is 0 Å². The van der Waals surface area contributed by atoms with Crippen LogP contribution in [0.5, 0.6) is 0 Å². The first-order chi connectivity index (χ1) is 8.70. The van der Waals surface area contributed by atoms with Crippen molar-refractivity contribution in [1.82, 2.24) is 10.2 Å². The number of nitrogens with one attached hydrogen (secondary N) is 1. The largest absolute Gasteiger partial charge is 0.380 e. The number of likely N-dealkylation sites (N-methyl/N-ethyl adjacent to an activating group) is 1. The SMILES string of the molecule is CC(C)NCCCCCOCC1CCCCN1C. The third-order valence-corrected chi connectivity index (χ3v) is 3.75. The van der Waals surface area contributed by atoms with Crippen molar-refractivity contribution < 1.29 is 4.74 Å². The topological polar surface area (TPSA) is 24.5 Å². The van der Waals surface area contributed by atoms with E-state index in [1.54, 1.807) is 0 Å². The smallest absolute Gasteiger partial charge is 0.0621 e. The molecule has 1 fully saturated rings. The second kappa shape index (κ2) is 9.76. The molecule has 0 radical (unpaired) electrons. The molecule has 1 atom stereocenters. The summed E-state index contributed by atoms with van der Waals surface area (Å²) >= 11 is 0. The van der Waals surface area contributed by atoms with Crippen molar-refractivity contribution >= 4 is 0 Å². The minimum absolute atomic E-state index is 0.614. The van der Waals surface area contributed by atoms with Crippen LogP contribution in [0.1, 0.15) is 52.4 Å². The number of likely N-dealkylation sites (tertiary alicyclic amines) is 1. The zero-order chi connectivity index (χ0) is 13.2. The monoisotopic (exact) mass is 256 g/mol. The number of nitrogens with zero attached hydrogens (tertiary/aromatic N) is 1. The molecule has 3 heteroatoms. The zero-order valence-corrected chi connectivity index (χ0v) is 12.6. The molecule has 1 rings (SSSR count). The van der Waals surface area contributed by atoms with Crippen molar-refractivity contribution in [3.63, 3.8) is 0 Å². The summed E-state index contributed by atoms with van der Waals surface area (Å²) in [5.74, 6) is 0. The Hall–Kier alpha value is -0.120. The predicted octanol–water partition coefficient (Wildman–Crippen LogP) is 2.66. The Morgan fingerprint density at radius 1 is 1.22 bits per heavy atom. The van der Waals surface area contributed by atoms with E-state index in [1.165, 1.54) is 45.1 Å². The van der Waals surface area contributed by atoms with Gasteiger partial charge in [0.2, 0.25) is 0 Å². The molecule has 0 aromatic heterocycles. The molecule has 0 aromatic rings. The van der Waals surface area contributed by atoms with Crippen LogP contribution in [0.25, 0.3) is 0 Å². The average Bonchev–Trinajstić information content (AvgIpc) is 2.34. The van der Waals surface area contributed by atoms with Crippen molar-refractivity contribution in [1.29, 1.82) is 0 Å². The number of hydrogen-bond donors (Lipinski definition) is 1. The van der Waals surface area contributed by atoms with Crippen LogP contribution in [0.2, 0.25) is 0 Å². The third kappa shape index (κ3) is 7.34. The highest BCUT2D eigenvalue weighted by Gasteiger charge is 2.18. The Kier molecular flexibility index (Phi) is 8.64. The van der Waals surface area contributed by atoms with Crippen molar-refractivity contribution in [2.45, 2.75) is 64.5 Å². The van der Waals surface area contributed by atoms with Crippen LogP contribution in [0, 0.1) is 0 Å². The molecule has 0 spiro atoms. The van der Waals surface area contributed by atoms with E-state index in [0.29, 0.717) is 12.1 Å². The Labute approximate surface area is 113 Å². The van der Waals surface area contributed by atoms with Crippen LogP contribution < -0.4 is 5.32 Å². The van der Waals surface area contributed by atoms with Gasteiger partial charge >= 0.3 is 0 Å². The fourth-order valence-corrected chi connectivity index (χ4v) is 2.47. The van der Waals surface area contributed by atoms with Gasteiger partial charge in [0.15, 0.2) is 0 Å². The van der Waals surface area contributed by atoms with Crippen molar-refractivity contribution in [3.8, 4) is 0 Å². The minimum Gasteiger partial charge on any atom is -0.380 e. The third-order valence-electron chi connectivity index (χ3n) is 3.75. The lowest BCUT2D eigenvalue weighted by Gasteiger charge is -2.32. The Morgan fingerprint density at radius 3 is 2.78 bits per heavy atom. The normalized spacial score (nSPS) is 21.7. The molecule has 1 aliphatic rings. The summed E-state index contributed by atoms with van der Waals surface area (Å²) in [4.78, 5) is 2.45. The van der Waals surface area contributed by atoms with E-state index in [9.17, 15) is 0 Å². The highest BCUT2D eigenvalue weighted by Crippen LogP contribution is 2.15. The molecule has 1 heterocycles. The maximum Gasteiger partial charge on any atom is 0.0621 e. The molecule has 0 aliphatic carbocycles. The van der Waals surface area contributed by atoms with Gasteiger partial charge in [0.1, 0.15) is 0 Å². The molecule has 0 aromatic carbocycles. The summed E-state index contributed by atoms with van der Waals surface area (Å²) < 4.78 is 5.81. The molecular weight excluding hydrogens is 224 g/mol. The standard InChI is InChI=1S/C15H32N2O/c1-14(2)16-10-6-4-8-12-18-13-15-9-5-7-11-17(15)3/h14-16H,4-13H2,1-3H3. The fourth-order valence-electron chi connectivity index (χ4n) is 2.47. The van der Waals surface area contributed by atoms with Crippen LogP contribution in [0.4, 0.5) is 0 Å². The van der Waals surface area contributed by atoms with Crippen LogP contribution in [-0.4, -0.2) is 50.3 Å². The van der Waals surface area contributed by atoms with E-state index in [1.807, 2.05) is 0 Å². The summed E-state index contributed by atoms with van der Waals surface area (Å²) in [7, 11) is 2.23. The molecule has 1 N–H and O–H groups in total. The van der Waals surface area contributed by atoms with E-state index in [0.717, 1.165) is 19.8 Å². The van der Waals surface area contributed by atoms with Gasteiger partial charge in [0.25, 0.3) is 0 Å². The van der Waals surface area contributed by atoms with Crippen LogP contribution >= 0.6 is 0 Å². The minimum atomic E-state index is 0.614. The predicted molar refractivity (Wildman–Crippen MR) is 78.1 cm³/mol. The lowest BCUT2D eigenvalue weighted by atomic mass is 10.0. The molecule has 0 saturated carbocycles. The van der Waals surface area contributed by atoms with Gasteiger partial charge in [-0.2, -0.15) is 0 Å². The Balaban J connectivity index is 1.86. The van der Waals surface area contributed by atoms with Crippen molar-refractivity contribution in [2.24, 2.45) is 0 Å². The maximum atomic E-state index is 5.81. The summed E-state index contributed by atoms with van der Waals surface area (Å²) in [6.45, 7) is 8.65. The fraction of sp³-hybridized carbons (Fsp3) is 1.00. The zero-order valence-electron chi connectivity index (χ0n) is 12.6. The lowest BCUT2D eigenvalue weighted by Crippen LogP contribution is -2.39. The molecule has 1 aliphatic heterocycles. The first kappa shape index (κ1) is 15.9. The van der Waals surface area contributed by atoms with Crippen LogP contribution in [-0.2, 0) is 4.74 Å². The quantitative estimate of drug-likeness (QED) is 0.642. The Bertz CT molecular complexity index is 197. The summed E-state index contributed by atoms with van der Waals surface area (Å²) in [6.07, 6.45) is 7.80. The highest BCUT2D eigenvalue weighted by molar-refractivity contribution is 4.73. The van der Waals surface area contributed by atoms with Crippen molar-refractivity contribution in [3.05, 3.63) is 0 Å². The number of rotatable bonds is 9. The highest BCUT2D eigenvalue weighted by atomic mass is 16.5. The van der Waals surface area contributed by atoms with Crippen molar-refractivity contribution in [2.75, 3.05) is 33.4 Å². The molecule has 0 amide bonds. The summed E-state index contributed by atoms with van der Waals surface area (Å²) in [5, 5.41) is 3.45. The van der Waals surface area contributed by atoms with Gasteiger partial charge < -0.3 is 15.0 Å². The molecule has 3 nitrogen and oxygen atoms in total. The van der Waals surface area contributed by atoms with E-state index in [4.69, 9.17) is 4.74 Å². The van der Waals surface area contributed by atoms with Gasteiger partial charge in [-0.1, -0.05) is 20.3 Å². The molecular formula is C15H32N2O. The van der Waals surface area contributed by atoms with Gasteiger partial charge in [-0.05, 0) is 52.2 Å². The van der Waals surface area contributed by atoms with Gasteiger partial charge in [-0.3, -0.25) is 0 Å². The second-order valence-corrected chi connectivity index (χ2v) is 5.87. The van der Waals surface area contributed by atoms with E-state index in [2.05, 4.69) is 31.1 Å². The number of unbranched alkanes of at least 4 members (excludes halogenated alkanes) is 2. The molecule has 1 unspecified atom stereocenters. The first-order valence-electron chi connectivity index (χ1n) is 7.71. The van der Waals surface area contributed by atoms with E-state index in [-0.39, 0.29) is 0 Å².